The number of nitrogens with two attached hydrogens (primary N) is 1. The fourth-order valence-corrected chi connectivity index (χ4v) is 2.72. The molecule has 2 rings (SSSR count). The molecule has 0 amide bonds. The van der Waals surface area contributed by atoms with Crippen LogP contribution < -0.4 is 5.73 Å². The Morgan fingerprint density at radius 3 is 2.41 bits per heavy atom. The van der Waals surface area contributed by atoms with E-state index in [2.05, 4.69) is 4.98 Å². The molecule has 22 heavy (non-hydrogen) atoms. The third-order valence-corrected chi connectivity index (χ3v) is 4.13. The average Bonchev–Trinajstić information content (AvgIpc) is 2.44. The molecule has 2 aromatic rings. The van der Waals surface area contributed by atoms with E-state index in [1.54, 1.807) is 0 Å². The largest absolute Gasteiger partial charge is 0.378 e. The molecule has 8 heteroatoms. The fourth-order valence-electron chi connectivity index (χ4n) is 2.10. The third-order valence-electron chi connectivity index (χ3n) is 3.16. The van der Waals surface area contributed by atoms with E-state index in [9.17, 15) is 18.5 Å². The number of sulfone groups is 1. The van der Waals surface area contributed by atoms with Crippen molar-refractivity contribution in [3.05, 3.63) is 57.6 Å². The molecule has 7 nitrogen and oxygen atoms in total. The zero-order valence-corrected chi connectivity index (χ0v) is 12.7. The van der Waals surface area contributed by atoms with Gasteiger partial charge in [-0.25, -0.2) is 13.4 Å². The van der Waals surface area contributed by atoms with Gasteiger partial charge in [0, 0.05) is 11.8 Å². The van der Waals surface area contributed by atoms with Gasteiger partial charge in [-0.3, -0.25) is 10.1 Å². The molecule has 0 aliphatic carbocycles. The monoisotopic (exact) mass is 321 g/mol. The quantitative estimate of drug-likeness (QED) is 0.662. The van der Waals surface area contributed by atoms with Crippen molar-refractivity contribution in [2.45, 2.75) is 17.9 Å². The van der Waals surface area contributed by atoms with Crippen molar-refractivity contribution < 1.29 is 13.3 Å². The van der Waals surface area contributed by atoms with Crippen LogP contribution in [0.25, 0.3) is 0 Å². The number of hydrogen-bond acceptors (Lipinski definition) is 6. The molecular weight excluding hydrogens is 306 g/mol. The number of aryl methyl sites for hydroxylation is 2. The number of rotatable bonds is 5. The number of anilines is 1. The van der Waals surface area contributed by atoms with Gasteiger partial charge in [0.05, 0.1) is 4.92 Å². The van der Waals surface area contributed by atoms with Crippen molar-refractivity contribution in [2.75, 3.05) is 12.0 Å². The number of nitrogen functional groups attached to an aromatic ring is 1. The van der Waals surface area contributed by atoms with Crippen LogP contribution in [0.2, 0.25) is 0 Å². The first kappa shape index (κ1) is 15.9. The molecule has 0 spiro atoms. The molecule has 0 radical (unpaired) electrons. The maximum atomic E-state index is 11.6. The van der Waals surface area contributed by atoms with Gasteiger partial charge >= 0.3 is 5.69 Å². The molecule has 116 valence electrons. The normalized spacial score (nSPS) is 11.3. The van der Waals surface area contributed by atoms with Crippen molar-refractivity contribution in [1.82, 2.24) is 4.98 Å². The highest BCUT2D eigenvalue weighted by atomic mass is 32.2. The summed E-state index contributed by atoms with van der Waals surface area (Å²) in [5.41, 5.74) is 6.50. The van der Waals surface area contributed by atoms with Crippen LogP contribution in [0.1, 0.15) is 11.1 Å². The second-order valence-electron chi connectivity index (χ2n) is 4.87. The molecule has 0 saturated carbocycles. The van der Waals surface area contributed by atoms with Crippen LogP contribution in [-0.4, -0.2) is 24.6 Å². The summed E-state index contributed by atoms with van der Waals surface area (Å²) in [5, 5.41) is 10.9. The van der Waals surface area contributed by atoms with E-state index in [1.807, 2.05) is 30.3 Å². The lowest BCUT2D eigenvalue weighted by atomic mass is 10.0. The average molecular weight is 321 g/mol. The van der Waals surface area contributed by atoms with E-state index in [1.165, 1.54) is 6.07 Å². The molecule has 0 aliphatic heterocycles. The van der Waals surface area contributed by atoms with Crippen LogP contribution in [0.15, 0.2) is 41.4 Å². The van der Waals surface area contributed by atoms with Crippen LogP contribution in [0.3, 0.4) is 0 Å². The number of nitrogens with zero attached hydrogens (tertiary/aromatic N) is 2. The first-order chi connectivity index (χ1) is 10.3. The standard InChI is InChI=1S/C14H15N3O4S/c1-22(20,21)12-9-11(13(17(18)19)14(15)16-12)8-7-10-5-3-2-4-6-10/h2-6,9H,7-8H2,1H3,(H2,15,16). The number of nitro groups is 1. The predicted molar refractivity (Wildman–Crippen MR) is 82.3 cm³/mol. The minimum Gasteiger partial charge on any atom is -0.378 e. The van der Waals surface area contributed by atoms with Gasteiger partial charge < -0.3 is 5.73 Å². The van der Waals surface area contributed by atoms with Crippen LogP contribution in [0.5, 0.6) is 0 Å². The first-order valence-corrected chi connectivity index (χ1v) is 8.36. The Morgan fingerprint density at radius 2 is 1.86 bits per heavy atom. The molecule has 0 atom stereocenters. The molecule has 0 aliphatic rings. The van der Waals surface area contributed by atoms with Gasteiger partial charge in [-0.1, -0.05) is 30.3 Å². The van der Waals surface area contributed by atoms with Crippen molar-refractivity contribution in [1.29, 1.82) is 0 Å². The Hall–Kier alpha value is -2.48. The highest BCUT2D eigenvalue weighted by Gasteiger charge is 2.23. The Balaban J connectivity index is 2.43. The maximum Gasteiger partial charge on any atom is 0.314 e. The van der Waals surface area contributed by atoms with Crippen molar-refractivity contribution in [2.24, 2.45) is 0 Å². The third kappa shape index (κ3) is 3.59. The SMILES string of the molecule is CS(=O)(=O)c1cc(CCc2ccccc2)c([N+](=O)[O-])c(N)n1. The Morgan fingerprint density at radius 1 is 1.23 bits per heavy atom. The van der Waals surface area contributed by atoms with Gasteiger partial charge in [-0.15, -0.1) is 0 Å². The lowest BCUT2D eigenvalue weighted by Gasteiger charge is -2.07. The van der Waals surface area contributed by atoms with Gasteiger partial charge in [0.2, 0.25) is 5.82 Å². The molecule has 0 fully saturated rings. The van der Waals surface area contributed by atoms with Crippen LogP contribution in [0, 0.1) is 10.1 Å². The Bertz CT molecular complexity index is 804. The van der Waals surface area contributed by atoms with E-state index in [0.717, 1.165) is 11.8 Å². The molecular formula is C14H15N3O4S. The Kier molecular flexibility index (Phi) is 4.41. The molecule has 0 unspecified atom stereocenters. The van der Waals surface area contributed by atoms with Gasteiger partial charge in [-0.05, 0) is 24.5 Å². The molecule has 1 aromatic carbocycles. The highest BCUT2D eigenvalue weighted by molar-refractivity contribution is 7.90. The topological polar surface area (TPSA) is 116 Å². The predicted octanol–water partition coefficient (Wildman–Crippen LogP) is 1.76. The van der Waals surface area contributed by atoms with Crippen molar-refractivity contribution in [3.8, 4) is 0 Å². The van der Waals surface area contributed by atoms with Crippen LogP contribution in [0.4, 0.5) is 11.5 Å². The summed E-state index contributed by atoms with van der Waals surface area (Å²) in [6.45, 7) is 0. The number of pyridine rings is 1. The zero-order valence-electron chi connectivity index (χ0n) is 11.9. The second kappa shape index (κ2) is 6.10. The first-order valence-electron chi connectivity index (χ1n) is 6.47. The van der Waals surface area contributed by atoms with Crippen molar-refractivity contribution in [3.63, 3.8) is 0 Å². The lowest BCUT2D eigenvalue weighted by Crippen LogP contribution is -2.09. The van der Waals surface area contributed by atoms with Crippen molar-refractivity contribution >= 4 is 21.3 Å². The molecule has 1 aromatic heterocycles. The van der Waals surface area contributed by atoms with Gasteiger partial charge in [-0.2, -0.15) is 0 Å². The number of aromatic nitrogens is 1. The van der Waals surface area contributed by atoms with E-state index in [0.29, 0.717) is 12.8 Å². The second-order valence-corrected chi connectivity index (χ2v) is 6.83. The number of benzene rings is 1. The van der Waals surface area contributed by atoms with Crippen LogP contribution in [-0.2, 0) is 22.7 Å². The summed E-state index contributed by atoms with van der Waals surface area (Å²) in [7, 11) is -3.59. The minimum atomic E-state index is -3.59. The minimum absolute atomic E-state index is 0.251. The zero-order chi connectivity index (χ0) is 16.3. The summed E-state index contributed by atoms with van der Waals surface area (Å²) in [6.07, 6.45) is 1.82. The summed E-state index contributed by atoms with van der Waals surface area (Å²) in [4.78, 5) is 14.2. The van der Waals surface area contributed by atoms with E-state index in [-0.39, 0.29) is 22.1 Å². The van der Waals surface area contributed by atoms with E-state index < -0.39 is 14.8 Å². The van der Waals surface area contributed by atoms with Gasteiger partial charge in [0.25, 0.3) is 0 Å². The summed E-state index contributed by atoms with van der Waals surface area (Å²) in [6, 6.07) is 10.6. The summed E-state index contributed by atoms with van der Waals surface area (Å²) in [5.74, 6) is -0.379. The van der Waals surface area contributed by atoms with Gasteiger partial charge in [0.15, 0.2) is 14.9 Å². The summed E-state index contributed by atoms with van der Waals surface area (Å²) >= 11 is 0. The highest BCUT2D eigenvalue weighted by Crippen LogP contribution is 2.28. The molecule has 2 N–H and O–H groups in total. The van der Waals surface area contributed by atoms with E-state index >= 15 is 0 Å². The molecule has 1 heterocycles. The molecule has 0 saturated heterocycles. The lowest BCUT2D eigenvalue weighted by molar-refractivity contribution is -0.384. The Labute approximate surface area is 127 Å². The maximum absolute atomic E-state index is 11.6. The fraction of sp³-hybridized carbons (Fsp3) is 0.214. The summed E-state index contributed by atoms with van der Waals surface area (Å²) < 4.78 is 23.2. The van der Waals surface area contributed by atoms with Crippen LogP contribution >= 0.6 is 0 Å². The molecule has 0 bridgehead atoms. The number of hydrogen-bond donors (Lipinski definition) is 1. The smallest absolute Gasteiger partial charge is 0.314 e. The van der Waals surface area contributed by atoms with Gasteiger partial charge in [0.1, 0.15) is 0 Å². The van der Waals surface area contributed by atoms with E-state index in [4.69, 9.17) is 5.73 Å².